The van der Waals surface area contributed by atoms with Gasteiger partial charge in [0.2, 0.25) is 5.91 Å². The van der Waals surface area contributed by atoms with E-state index in [1.807, 2.05) is 4.90 Å². The quantitative estimate of drug-likeness (QED) is 0.805. The maximum Gasteiger partial charge on any atom is 0.242 e. The lowest BCUT2D eigenvalue weighted by molar-refractivity contribution is -0.140. The van der Waals surface area contributed by atoms with Gasteiger partial charge in [-0.1, -0.05) is 0 Å². The van der Waals surface area contributed by atoms with Crippen LogP contribution in [0.15, 0.2) is 0 Å². The molecule has 4 nitrogen and oxygen atoms in total. The van der Waals surface area contributed by atoms with Gasteiger partial charge in [0.05, 0.1) is 5.54 Å². The van der Waals surface area contributed by atoms with Gasteiger partial charge in [-0.2, -0.15) is 0 Å². The van der Waals surface area contributed by atoms with Crippen LogP contribution in [0.4, 0.5) is 0 Å². The SMILES string of the molecule is CCN(C(=O)C1(C)CCCCN1)C(C)CN(C)C. The average Bonchev–Trinajstić information content (AvgIpc) is 2.29. The standard InChI is InChI=1S/C14H29N3O/c1-6-17(12(2)11-16(4)5)13(18)14(3)9-7-8-10-15-14/h12,15H,6-11H2,1-5H3. The Balaban J connectivity index is 2.71. The van der Waals surface area contributed by atoms with Crippen LogP contribution in [0, 0.1) is 0 Å². The van der Waals surface area contributed by atoms with Gasteiger partial charge in [0, 0.05) is 19.1 Å². The molecule has 0 aromatic rings. The van der Waals surface area contributed by atoms with Gasteiger partial charge in [-0.15, -0.1) is 0 Å². The fourth-order valence-corrected chi connectivity index (χ4v) is 2.84. The molecule has 2 atom stereocenters. The molecule has 4 heteroatoms. The van der Waals surface area contributed by atoms with Crippen molar-refractivity contribution in [2.24, 2.45) is 0 Å². The summed E-state index contributed by atoms with van der Waals surface area (Å²) >= 11 is 0. The van der Waals surface area contributed by atoms with E-state index < -0.39 is 0 Å². The second kappa shape index (κ2) is 6.53. The van der Waals surface area contributed by atoms with Crippen molar-refractivity contribution in [1.29, 1.82) is 0 Å². The minimum Gasteiger partial charge on any atom is -0.337 e. The predicted octanol–water partition coefficient (Wildman–Crippen LogP) is 1.32. The van der Waals surface area contributed by atoms with Crippen LogP contribution in [-0.4, -0.2) is 61.0 Å². The number of nitrogens with one attached hydrogen (secondary N) is 1. The highest BCUT2D eigenvalue weighted by Crippen LogP contribution is 2.22. The summed E-state index contributed by atoms with van der Waals surface area (Å²) in [7, 11) is 4.10. The fraction of sp³-hybridized carbons (Fsp3) is 0.929. The summed E-state index contributed by atoms with van der Waals surface area (Å²) in [5.41, 5.74) is -0.352. The molecule has 1 amide bonds. The van der Waals surface area contributed by atoms with Gasteiger partial charge in [-0.05, 0) is 60.7 Å². The minimum absolute atomic E-state index is 0.262. The van der Waals surface area contributed by atoms with Gasteiger partial charge in [0.15, 0.2) is 0 Å². The summed E-state index contributed by atoms with van der Waals surface area (Å²) in [5.74, 6) is 0.263. The summed E-state index contributed by atoms with van der Waals surface area (Å²) in [6.07, 6.45) is 3.29. The van der Waals surface area contributed by atoms with Crippen LogP contribution in [-0.2, 0) is 4.79 Å². The van der Waals surface area contributed by atoms with Crippen molar-refractivity contribution in [1.82, 2.24) is 15.1 Å². The van der Waals surface area contributed by atoms with E-state index in [2.05, 4.69) is 45.1 Å². The summed E-state index contributed by atoms with van der Waals surface area (Å²) < 4.78 is 0. The second-order valence-corrected chi connectivity index (χ2v) is 5.92. The monoisotopic (exact) mass is 255 g/mol. The predicted molar refractivity (Wildman–Crippen MR) is 75.7 cm³/mol. The highest BCUT2D eigenvalue weighted by Gasteiger charge is 2.38. The number of hydrogen-bond acceptors (Lipinski definition) is 3. The molecule has 1 aliphatic heterocycles. The van der Waals surface area contributed by atoms with E-state index in [9.17, 15) is 4.79 Å². The van der Waals surface area contributed by atoms with E-state index in [1.54, 1.807) is 0 Å². The van der Waals surface area contributed by atoms with Crippen molar-refractivity contribution in [3.05, 3.63) is 0 Å². The van der Waals surface area contributed by atoms with Crippen molar-refractivity contribution in [2.45, 2.75) is 51.6 Å². The van der Waals surface area contributed by atoms with E-state index >= 15 is 0 Å². The van der Waals surface area contributed by atoms with E-state index in [0.29, 0.717) is 0 Å². The zero-order valence-electron chi connectivity index (χ0n) is 12.6. The first kappa shape index (κ1) is 15.4. The highest BCUT2D eigenvalue weighted by molar-refractivity contribution is 5.86. The van der Waals surface area contributed by atoms with Crippen molar-refractivity contribution >= 4 is 5.91 Å². The molecule has 0 aromatic carbocycles. The molecule has 1 heterocycles. The largest absolute Gasteiger partial charge is 0.337 e. The van der Waals surface area contributed by atoms with Crippen molar-refractivity contribution in [2.75, 3.05) is 33.7 Å². The maximum atomic E-state index is 12.7. The first-order chi connectivity index (χ1) is 8.40. The summed E-state index contributed by atoms with van der Waals surface area (Å²) in [4.78, 5) is 16.9. The number of piperidine rings is 1. The highest BCUT2D eigenvalue weighted by atomic mass is 16.2. The van der Waals surface area contributed by atoms with Gasteiger partial charge in [-0.3, -0.25) is 4.79 Å². The van der Waals surface area contributed by atoms with Crippen molar-refractivity contribution < 1.29 is 4.79 Å². The van der Waals surface area contributed by atoms with Crippen LogP contribution < -0.4 is 5.32 Å². The number of rotatable bonds is 5. The number of likely N-dealkylation sites (N-methyl/N-ethyl adjacent to an activating group) is 2. The molecule has 0 saturated carbocycles. The Hall–Kier alpha value is -0.610. The third-order valence-electron chi connectivity index (χ3n) is 3.85. The molecule has 18 heavy (non-hydrogen) atoms. The minimum atomic E-state index is -0.352. The summed E-state index contributed by atoms with van der Waals surface area (Å²) in [5, 5.41) is 3.41. The van der Waals surface area contributed by atoms with E-state index in [4.69, 9.17) is 0 Å². The Morgan fingerprint density at radius 1 is 1.39 bits per heavy atom. The lowest BCUT2D eigenvalue weighted by atomic mass is 9.89. The fourth-order valence-electron chi connectivity index (χ4n) is 2.84. The van der Waals surface area contributed by atoms with Gasteiger partial charge < -0.3 is 15.1 Å². The van der Waals surface area contributed by atoms with Gasteiger partial charge in [0.25, 0.3) is 0 Å². The normalized spacial score (nSPS) is 26.1. The van der Waals surface area contributed by atoms with E-state index in [1.165, 1.54) is 6.42 Å². The number of nitrogens with zero attached hydrogens (tertiary/aromatic N) is 2. The molecule has 0 spiro atoms. The second-order valence-electron chi connectivity index (χ2n) is 5.92. The number of hydrogen-bond donors (Lipinski definition) is 1. The summed E-state index contributed by atoms with van der Waals surface area (Å²) in [6.45, 7) is 8.91. The number of carbonyl (C=O) groups is 1. The molecular formula is C14H29N3O. The van der Waals surface area contributed by atoms with Gasteiger partial charge in [-0.25, -0.2) is 0 Å². The van der Waals surface area contributed by atoms with Crippen LogP contribution in [0.25, 0.3) is 0 Å². The Morgan fingerprint density at radius 3 is 2.50 bits per heavy atom. The molecule has 0 aromatic heterocycles. The van der Waals surface area contributed by atoms with Gasteiger partial charge in [0.1, 0.15) is 0 Å². The van der Waals surface area contributed by atoms with Gasteiger partial charge >= 0.3 is 0 Å². The molecule has 1 fully saturated rings. The molecule has 2 unspecified atom stereocenters. The lowest BCUT2D eigenvalue weighted by Crippen LogP contribution is -2.60. The summed E-state index contributed by atoms with van der Waals surface area (Å²) in [6, 6.07) is 0.262. The zero-order valence-corrected chi connectivity index (χ0v) is 12.6. The first-order valence-electron chi connectivity index (χ1n) is 7.11. The topological polar surface area (TPSA) is 35.6 Å². The molecular weight excluding hydrogens is 226 g/mol. The molecule has 0 bridgehead atoms. The van der Waals surface area contributed by atoms with Crippen molar-refractivity contribution in [3.8, 4) is 0 Å². The third kappa shape index (κ3) is 3.69. The molecule has 106 valence electrons. The molecule has 1 rings (SSSR count). The smallest absolute Gasteiger partial charge is 0.242 e. The van der Waals surface area contributed by atoms with Crippen LogP contribution in [0.2, 0.25) is 0 Å². The van der Waals surface area contributed by atoms with E-state index in [0.717, 1.165) is 32.5 Å². The number of amides is 1. The van der Waals surface area contributed by atoms with Crippen LogP contribution >= 0.6 is 0 Å². The molecule has 1 N–H and O–H groups in total. The lowest BCUT2D eigenvalue weighted by Gasteiger charge is -2.40. The molecule has 1 aliphatic rings. The Kier molecular flexibility index (Phi) is 5.60. The Labute approximate surface area is 112 Å². The van der Waals surface area contributed by atoms with Crippen LogP contribution in [0.5, 0.6) is 0 Å². The molecule has 0 aliphatic carbocycles. The molecule has 1 saturated heterocycles. The third-order valence-corrected chi connectivity index (χ3v) is 3.85. The van der Waals surface area contributed by atoms with E-state index in [-0.39, 0.29) is 17.5 Å². The van der Waals surface area contributed by atoms with Crippen LogP contribution in [0.1, 0.15) is 40.0 Å². The zero-order chi connectivity index (χ0) is 13.8. The first-order valence-corrected chi connectivity index (χ1v) is 7.11. The maximum absolute atomic E-state index is 12.7. The number of carbonyl (C=O) groups excluding carboxylic acids is 1. The Bertz CT molecular complexity index is 272. The Morgan fingerprint density at radius 2 is 2.06 bits per heavy atom. The average molecular weight is 255 g/mol. The molecule has 0 radical (unpaired) electrons. The van der Waals surface area contributed by atoms with Crippen molar-refractivity contribution in [3.63, 3.8) is 0 Å². The van der Waals surface area contributed by atoms with Crippen LogP contribution in [0.3, 0.4) is 0 Å².